The zero-order chi connectivity index (χ0) is 25.3. The van der Waals surface area contributed by atoms with Crippen LogP contribution in [0.1, 0.15) is 46.1 Å². The Bertz CT molecular complexity index is 1190. The predicted octanol–water partition coefficient (Wildman–Crippen LogP) is 3.26. The maximum atomic E-state index is 13.6. The molecule has 0 amide bonds. The molecule has 34 heavy (non-hydrogen) atoms. The fourth-order valence-electron chi connectivity index (χ4n) is 3.51. The summed E-state index contributed by atoms with van der Waals surface area (Å²) < 4.78 is 41.1. The average Bonchev–Trinajstić information content (AvgIpc) is 3.12. The molecule has 1 aliphatic rings. The summed E-state index contributed by atoms with van der Waals surface area (Å²) in [5, 5.41) is 12.9. The van der Waals surface area contributed by atoms with E-state index >= 15 is 0 Å². The van der Waals surface area contributed by atoms with E-state index in [4.69, 9.17) is 26.2 Å². The highest BCUT2D eigenvalue weighted by atomic mass is 35.5. The third kappa shape index (κ3) is 6.01. The number of ether oxygens (including phenoxy) is 2. The van der Waals surface area contributed by atoms with Gasteiger partial charge in [0.2, 0.25) is 0 Å². The molecular weight excluding hydrogens is 486 g/mol. The molecule has 0 unspecified atom stereocenters. The first-order valence-corrected chi connectivity index (χ1v) is 12.6. The van der Waals surface area contributed by atoms with Gasteiger partial charge in [-0.3, -0.25) is 18.6 Å². The molecule has 0 saturated heterocycles. The van der Waals surface area contributed by atoms with Crippen LogP contribution in [-0.2, 0) is 37.3 Å². The van der Waals surface area contributed by atoms with Crippen molar-refractivity contribution >= 4 is 39.3 Å². The molecule has 2 heterocycles. The van der Waals surface area contributed by atoms with Gasteiger partial charge >= 0.3 is 11.9 Å². The van der Waals surface area contributed by atoms with Crippen LogP contribution in [0.15, 0.2) is 29.3 Å². The molecule has 1 aromatic heterocycles. The highest BCUT2D eigenvalue weighted by Gasteiger charge is 2.37. The van der Waals surface area contributed by atoms with E-state index in [1.54, 1.807) is 45.9 Å². The van der Waals surface area contributed by atoms with Gasteiger partial charge in [0.1, 0.15) is 22.4 Å². The third-order valence-electron chi connectivity index (χ3n) is 4.98. The predicted molar refractivity (Wildman–Crippen MR) is 125 cm³/mol. The highest BCUT2D eigenvalue weighted by molar-refractivity contribution is 7.93. The molecular formula is C22H28ClN3O7S. The average molecular weight is 514 g/mol. The Kier molecular flexibility index (Phi) is 7.47. The van der Waals surface area contributed by atoms with Crippen LogP contribution in [0.4, 0.5) is 5.69 Å². The molecule has 1 atom stereocenters. The van der Waals surface area contributed by atoms with Gasteiger partial charge < -0.3 is 14.6 Å². The number of benzene rings is 1. The zero-order valence-electron chi connectivity index (χ0n) is 19.4. The lowest BCUT2D eigenvalue weighted by molar-refractivity contribution is -0.154. The van der Waals surface area contributed by atoms with E-state index < -0.39 is 33.7 Å². The summed E-state index contributed by atoms with van der Waals surface area (Å²) in [5.74, 6) is -1.20. The van der Waals surface area contributed by atoms with Crippen LogP contribution in [0.5, 0.6) is 5.75 Å². The van der Waals surface area contributed by atoms with Crippen molar-refractivity contribution in [1.82, 2.24) is 9.78 Å². The van der Waals surface area contributed by atoms with E-state index in [2.05, 4.69) is 5.10 Å². The first-order chi connectivity index (χ1) is 15.8. The van der Waals surface area contributed by atoms with E-state index in [1.165, 1.54) is 10.9 Å². The van der Waals surface area contributed by atoms with E-state index in [0.29, 0.717) is 12.1 Å². The van der Waals surface area contributed by atoms with E-state index in [0.717, 1.165) is 4.31 Å². The van der Waals surface area contributed by atoms with E-state index in [9.17, 15) is 18.0 Å². The van der Waals surface area contributed by atoms with Crippen molar-refractivity contribution in [3.63, 3.8) is 0 Å². The fourth-order valence-corrected chi connectivity index (χ4v) is 5.46. The molecule has 12 heteroatoms. The summed E-state index contributed by atoms with van der Waals surface area (Å²) in [7, 11) is -4.17. The van der Waals surface area contributed by atoms with Crippen LogP contribution >= 0.6 is 11.6 Å². The molecule has 1 N–H and O–H groups in total. The number of esters is 1. The van der Waals surface area contributed by atoms with Gasteiger partial charge in [-0.05, 0) is 51.8 Å². The van der Waals surface area contributed by atoms with Crippen LogP contribution in [0.3, 0.4) is 0 Å². The molecule has 0 bridgehead atoms. The van der Waals surface area contributed by atoms with Gasteiger partial charge in [0.15, 0.2) is 5.15 Å². The number of carbonyl (C=O) groups is 2. The second kappa shape index (κ2) is 9.83. The van der Waals surface area contributed by atoms with Gasteiger partial charge in [-0.2, -0.15) is 5.10 Å². The van der Waals surface area contributed by atoms with Gasteiger partial charge in [-0.15, -0.1) is 0 Å². The number of fused-ring (bicyclic) bond motifs is 1. The topological polar surface area (TPSA) is 128 Å². The summed E-state index contributed by atoms with van der Waals surface area (Å²) in [4.78, 5) is 23.2. The smallest absolute Gasteiger partial charge is 0.310 e. The molecule has 1 aromatic carbocycles. The number of carbonyl (C=O) groups excluding carboxylic acids is 1. The number of aryl methyl sites for hydroxylation is 1. The van der Waals surface area contributed by atoms with Gasteiger partial charge in [0.05, 0.1) is 18.7 Å². The monoisotopic (exact) mass is 513 g/mol. The lowest BCUT2D eigenvalue weighted by atomic mass is 10.1. The van der Waals surface area contributed by atoms with Crippen LogP contribution in [-0.4, -0.2) is 53.5 Å². The number of hydrogen-bond donors (Lipinski definition) is 1. The quantitative estimate of drug-likeness (QED) is 0.532. The zero-order valence-corrected chi connectivity index (χ0v) is 21.0. The Labute approximate surface area is 203 Å². The third-order valence-corrected chi connectivity index (χ3v) is 7.15. The minimum Gasteiger partial charge on any atom is -0.486 e. The second-order valence-corrected chi connectivity index (χ2v) is 11.1. The van der Waals surface area contributed by atoms with Gasteiger partial charge in [-0.25, -0.2) is 8.42 Å². The van der Waals surface area contributed by atoms with Gasteiger partial charge in [0.25, 0.3) is 10.0 Å². The molecule has 0 saturated carbocycles. The Morgan fingerprint density at radius 3 is 2.62 bits per heavy atom. The molecule has 10 nitrogen and oxygen atoms in total. The number of sulfonamides is 1. The van der Waals surface area contributed by atoms with Crippen LogP contribution < -0.4 is 9.04 Å². The number of carboxylic acid groups (broad SMARTS) is 1. The van der Waals surface area contributed by atoms with Crippen molar-refractivity contribution in [2.24, 2.45) is 0 Å². The largest absolute Gasteiger partial charge is 0.486 e. The van der Waals surface area contributed by atoms with Crippen molar-refractivity contribution < 1.29 is 32.6 Å². The number of aromatic nitrogens is 2. The van der Waals surface area contributed by atoms with E-state index in [1.807, 2.05) is 0 Å². The number of nitrogens with zero attached hydrogens (tertiary/aromatic N) is 3. The molecule has 0 fully saturated rings. The first-order valence-electron chi connectivity index (χ1n) is 10.8. The van der Waals surface area contributed by atoms with E-state index in [-0.39, 0.29) is 47.3 Å². The fraction of sp³-hybridized carbons (Fsp3) is 0.500. The number of hydrogen-bond acceptors (Lipinski definition) is 7. The summed E-state index contributed by atoms with van der Waals surface area (Å²) in [6.45, 7) is 7.39. The number of carboxylic acids is 1. The summed E-state index contributed by atoms with van der Waals surface area (Å²) in [6, 6.07) is 4.78. The number of aliphatic carboxylic acids is 1. The molecule has 0 aliphatic carbocycles. The number of anilines is 1. The summed E-state index contributed by atoms with van der Waals surface area (Å²) >= 11 is 6.15. The van der Waals surface area contributed by atoms with Crippen molar-refractivity contribution in [3.05, 3.63) is 35.1 Å². The molecule has 1 aliphatic heterocycles. The SMILES string of the molecule is CCn1cc(S(=O)(=O)N2C[C@H](CCC(=O)O)Oc3ccc(CC(=O)OC(C)(C)C)cc32)c(Cl)n1. The highest BCUT2D eigenvalue weighted by Crippen LogP contribution is 2.39. The summed E-state index contributed by atoms with van der Waals surface area (Å²) in [6.07, 6.45) is 0.538. The lowest BCUT2D eigenvalue weighted by Crippen LogP contribution is -2.43. The Morgan fingerprint density at radius 2 is 2.03 bits per heavy atom. The van der Waals surface area contributed by atoms with Crippen LogP contribution in [0, 0.1) is 0 Å². The van der Waals surface area contributed by atoms with Gasteiger partial charge in [0, 0.05) is 19.2 Å². The first kappa shape index (κ1) is 25.8. The normalized spacial score (nSPS) is 16.0. The van der Waals surface area contributed by atoms with Crippen LogP contribution in [0.2, 0.25) is 5.15 Å². The summed E-state index contributed by atoms with van der Waals surface area (Å²) in [5.41, 5.74) is 0.112. The number of rotatable bonds is 8. The van der Waals surface area contributed by atoms with Crippen molar-refractivity contribution in [1.29, 1.82) is 0 Å². The molecule has 0 radical (unpaired) electrons. The standard InChI is InChI=1S/C22H28ClN3O7S/c1-5-25-13-18(21(23)24-25)34(30,31)26-12-15(7-9-19(27)28)32-17-8-6-14(10-16(17)26)11-20(29)33-22(2,3)4/h6,8,10,13,15H,5,7,9,11-12H2,1-4H3,(H,27,28)/t15-/m0/s1. The van der Waals surface area contributed by atoms with Crippen LogP contribution in [0.25, 0.3) is 0 Å². The van der Waals surface area contributed by atoms with Crippen molar-refractivity contribution in [3.8, 4) is 5.75 Å². The lowest BCUT2D eigenvalue weighted by Gasteiger charge is -2.35. The Balaban J connectivity index is 2.00. The minimum absolute atomic E-state index is 0.0601. The maximum absolute atomic E-state index is 13.6. The molecule has 0 spiro atoms. The molecule has 3 rings (SSSR count). The second-order valence-electron chi connectivity index (χ2n) is 8.91. The Morgan fingerprint density at radius 1 is 1.32 bits per heavy atom. The van der Waals surface area contributed by atoms with Gasteiger partial charge in [-0.1, -0.05) is 17.7 Å². The minimum atomic E-state index is -4.17. The Hall–Kier alpha value is -2.79. The van der Waals surface area contributed by atoms with Crippen molar-refractivity contribution in [2.75, 3.05) is 10.8 Å². The molecule has 186 valence electrons. The van der Waals surface area contributed by atoms with Crippen molar-refractivity contribution in [2.45, 2.75) is 70.1 Å². The molecule has 2 aromatic rings. The number of halogens is 1. The maximum Gasteiger partial charge on any atom is 0.310 e.